The third kappa shape index (κ3) is 1.97. The fraction of sp³-hybridized carbons (Fsp3) is 0.0769. The highest BCUT2D eigenvalue weighted by atomic mass is 16.5. The van der Waals surface area contributed by atoms with Crippen molar-refractivity contribution < 1.29 is 20.1 Å². The van der Waals surface area contributed by atoms with Crippen LogP contribution in [0.1, 0.15) is 0 Å². The predicted octanol–water partition coefficient (Wildman–Crippen LogP) is 2.48. The summed E-state index contributed by atoms with van der Waals surface area (Å²) < 4.78 is 4.99. The molecule has 0 aliphatic carbocycles. The number of para-hydroxylation sites is 1. The standard InChI is InChI=1S/C13H12O4/c1-17-12-4-2-3-10(13(12)16)9-6-5-8(14)7-11(9)15/h2-7,14-16H,1H3. The van der Waals surface area contributed by atoms with E-state index in [0.29, 0.717) is 16.9 Å². The van der Waals surface area contributed by atoms with E-state index in [0.717, 1.165) is 0 Å². The Labute approximate surface area is 98.3 Å². The second kappa shape index (κ2) is 4.25. The Balaban J connectivity index is 2.60. The highest BCUT2D eigenvalue weighted by Crippen LogP contribution is 2.41. The van der Waals surface area contributed by atoms with Crippen molar-refractivity contribution >= 4 is 0 Å². The summed E-state index contributed by atoms with van der Waals surface area (Å²) in [5.41, 5.74) is 0.876. The van der Waals surface area contributed by atoms with Crippen molar-refractivity contribution in [1.29, 1.82) is 0 Å². The SMILES string of the molecule is COc1cccc(-c2ccc(O)cc2O)c1O. The number of aromatic hydroxyl groups is 3. The second-order valence-electron chi connectivity index (χ2n) is 3.56. The van der Waals surface area contributed by atoms with Gasteiger partial charge in [-0.15, -0.1) is 0 Å². The van der Waals surface area contributed by atoms with Gasteiger partial charge in [-0.05, 0) is 18.2 Å². The molecule has 0 spiro atoms. The molecule has 0 radical (unpaired) electrons. The third-order valence-electron chi connectivity index (χ3n) is 2.49. The van der Waals surface area contributed by atoms with Crippen LogP contribution in [0.4, 0.5) is 0 Å². The van der Waals surface area contributed by atoms with E-state index in [1.54, 1.807) is 18.2 Å². The molecule has 0 unspecified atom stereocenters. The van der Waals surface area contributed by atoms with Crippen LogP contribution < -0.4 is 4.74 Å². The Morgan fingerprint density at radius 3 is 2.35 bits per heavy atom. The topological polar surface area (TPSA) is 69.9 Å². The molecule has 2 aromatic rings. The Bertz CT molecular complexity index is 549. The van der Waals surface area contributed by atoms with E-state index < -0.39 is 0 Å². The van der Waals surface area contributed by atoms with Crippen LogP contribution in [0.5, 0.6) is 23.0 Å². The first-order valence-electron chi connectivity index (χ1n) is 5.02. The molecule has 0 bridgehead atoms. The molecule has 0 aromatic heterocycles. The minimum atomic E-state index is -0.103. The first kappa shape index (κ1) is 11.1. The van der Waals surface area contributed by atoms with Crippen LogP contribution in [0.25, 0.3) is 11.1 Å². The Morgan fingerprint density at radius 1 is 0.941 bits per heavy atom. The first-order valence-corrected chi connectivity index (χ1v) is 5.02. The minimum absolute atomic E-state index is 0.0337. The number of benzene rings is 2. The van der Waals surface area contributed by atoms with Gasteiger partial charge in [-0.2, -0.15) is 0 Å². The lowest BCUT2D eigenvalue weighted by Crippen LogP contribution is -1.86. The zero-order chi connectivity index (χ0) is 12.4. The van der Waals surface area contributed by atoms with E-state index >= 15 is 0 Å². The van der Waals surface area contributed by atoms with Crippen molar-refractivity contribution in [3.63, 3.8) is 0 Å². The van der Waals surface area contributed by atoms with E-state index in [2.05, 4.69) is 0 Å². The maximum Gasteiger partial charge on any atom is 0.165 e. The van der Waals surface area contributed by atoms with Crippen LogP contribution in [0.2, 0.25) is 0 Å². The molecule has 0 aliphatic heterocycles. The van der Waals surface area contributed by atoms with Crippen LogP contribution >= 0.6 is 0 Å². The smallest absolute Gasteiger partial charge is 0.165 e. The van der Waals surface area contributed by atoms with E-state index in [4.69, 9.17) is 4.74 Å². The van der Waals surface area contributed by atoms with E-state index in [1.165, 1.54) is 25.3 Å². The van der Waals surface area contributed by atoms with Gasteiger partial charge in [0.15, 0.2) is 11.5 Å². The molecule has 2 rings (SSSR count). The maximum atomic E-state index is 9.94. The van der Waals surface area contributed by atoms with Gasteiger partial charge in [-0.1, -0.05) is 12.1 Å². The molecule has 0 aliphatic rings. The van der Waals surface area contributed by atoms with E-state index in [9.17, 15) is 15.3 Å². The van der Waals surface area contributed by atoms with Gasteiger partial charge in [0.2, 0.25) is 0 Å². The van der Waals surface area contributed by atoms with Gasteiger partial charge in [-0.3, -0.25) is 0 Å². The summed E-state index contributed by atoms with van der Waals surface area (Å²) in [6.45, 7) is 0. The van der Waals surface area contributed by atoms with Gasteiger partial charge in [0.1, 0.15) is 11.5 Å². The zero-order valence-corrected chi connectivity index (χ0v) is 9.21. The molecule has 0 fully saturated rings. The molecule has 2 aromatic carbocycles. The van der Waals surface area contributed by atoms with Crippen LogP contribution in [0, 0.1) is 0 Å². The molecule has 4 nitrogen and oxygen atoms in total. The summed E-state index contributed by atoms with van der Waals surface area (Å²) in [6.07, 6.45) is 0. The number of rotatable bonds is 2. The molecular formula is C13H12O4. The Kier molecular flexibility index (Phi) is 2.78. The highest BCUT2D eigenvalue weighted by Gasteiger charge is 2.12. The summed E-state index contributed by atoms with van der Waals surface area (Å²) in [5.74, 6) is 0.146. The molecule has 0 saturated carbocycles. The van der Waals surface area contributed by atoms with Gasteiger partial charge >= 0.3 is 0 Å². The average Bonchev–Trinajstić information content (AvgIpc) is 2.30. The molecular weight excluding hydrogens is 220 g/mol. The number of methoxy groups -OCH3 is 1. The van der Waals surface area contributed by atoms with E-state index in [-0.39, 0.29) is 17.2 Å². The summed E-state index contributed by atoms with van der Waals surface area (Å²) in [4.78, 5) is 0. The summed E-state index contributed by atoms with van der Waals surface area (Å²) in [7, 11) is 1.45. The first-order chi connectivity index (χ1) is 8.13. The molecule has 88 valence electrons. The lowest BCUT2D eigenvalue weighted by atomic mass is 10.0. The van der Waals surface area contributed by atoms with Crippen molar-refractivity contribution in [2.24, 2.45) is 0 Å². The molecule has 0 saturated heterocycles. The van der Waals surface area contributed by atoms with Crippen molar-refractivity contribution in [2.45, 2.75) is 0 Å². The summed E-state index contributed by atoms with van der Waals surface area (Å²) in [6, 6.07) is 9.17. The molecule has 0 atom stereocenters. The maximum absolute atomic E-state index is 9.94. The number of hydrogen-bond donors (Lipinski definition) is 3. The fourth-order valence-corrected chi connectivity index (χ4v) is 1.65. The van der Waals surface area contributed by atoms with Crippen LogP contribution in [0.3, 0.4) is 0 Å². The number of phenols is 3. The monoisotopic (exact) mass is 232 g/mol. The van der Waals surface area contributed by atoms with Crippen LogP contribution in [-0.2, 0) is 0 Å². The molecule has 0 amide bonds. The normalized spacial score (nSPS) is 10.2. The van der Waals surface area contributed by atoms with Crippen molar-refractivity contribution in [3.8, 4) is 34.1 Å². The summed E-state index contributed by atoms with van der Waals surface area (Å²) in [5, 5.41) is 28.9. The highest BCUT2D eigenvalue weighted by molar-refractivity contribution is 5.78. The van der Waals surface area contributed by atoms with Crippen molar-refractivity contribution in [2.75, 3.05) is 7.11 Å². The molecule has 17 heavy (non-hydrogen) atoms. The van der Waals surface area contributed by atoms with Gasteiger partial charge in [0.05, 0.1) is 7.11 Å². The number of ether oxygens (including phenoxy) is 1. The largest absolute Gasteiger partial charge is 0.508 e. The Morgan fingerprint density at radius 2 is 1.71 bits per heavy atom. The number of phenolic OH excluding ortho intramolecular Hbond substituents is 3. The zero-order valence-electron chi connectivity index (χ0n) is 9.21. The van der Waals surface area contributed by atoms with Crippen molar-refractivity contribution in [3.05, 3.63) is 36.4 Å². The van der Waals surface area contributed by atoms with Gasteiger partial charge < -0.3 is 20.1 Å². The van der Waals surface area contributed by atoms with Crippen LogP contribution in [-0.4, -0.2) is 22.4 Å². The van der Waals surface area contributed by atoms with Gasteiger partial charge in [-0.25, -0.2) is 0 Å². The van der Waals surface area contributed by atoms with Crippen molar-refractivity contribution in [1.82, 2.24) is 0 Å². The lowest BCUT2D eigenvalue weighted by Gasteiger charge is -2.10. The quantitative estimate of drug-likeness (QED) is 0.744. The predicted molar refractivity (Wildman–Crippen MR) is 63.4 cm³/mol. The second-order valence-corrected chi connectivity index (χ2v) is 3.56. The van der Waals surface area contributed by atoms with Gasteiger partial charge in [0, 0.05) is 17.2 Å². The fourth-order valence-electron chi connectivity index (χ4n) is 1.65. The lowest BCUT2D eigenvalue weighted by molar-refractivity contribution is 0.374. The van der Waals surface area contributed by atoms with Gasteiger partial charge in [0.25, 0.3) is 0 Å². The number of hydrogen-bond acceptors (Lipinski definition) is 4. The minimum Gasteiger partial charge on any atom is -0.508 e. The summed E-state index contributed by atoms with van der Waals surface area (Å²) >= 11 is 0. The van der Waals surface area contributed by atoms with E-state index in [1.807, 2.05) is 0 Å². The average molecular weight is 232 g/mol. The third-order valence-corrected chi connectivity index (χ3v) is 2.49. The molecule has 3 N–H and O–H groups in total. The molecule has 4 heteroatoms. The Hall–Kier alpha value is -2.36. The molecule has 0 heterocycles. The van der Waals surface area contributed by atoms with Crippen LogP contribution in [0.15, 0.2) is 36.4 Å².